The molecule has 30 heteroatoms. The lowest BCUT2D eigenvalue weighted by Gasteiger charge is -2.33. The Morgan fingerprint density at radius 2 is 0.738 bits per heavy atom. The van der Waals surface area contributed by atoms with Gasteiger partial charge in [-0.15, -0.1) is 0 Å². The SMILES string of the molecule is Cc1nc2c(c(=O)n1C(c1ccccc1)C1CCCC1)CCN(C(=O)OC(C)(C)C)C2.Cc1nc2c(c(=O)n1C(c1ccccc1)c1ccccc1)CCN(Cc1ccc(C(=O)OC(C)(C)C)cc1)C2.Cc1nc2c(c(=O)n1C(c1ccccn1)c1ccccn1)CCN(C(=O)Oc1ccc(Br)cc1)C2.Cc1nc2c(c(=O)n1C(c1ccccn1)c1ccccn1)CCN(Cc1ccc(C(F)(F)F)cc1)C2. The minimum atomic E-state index is -4.35. The van der Waals surface area contributed by atoms with Crippen molar-refractivity contribution in [2.75, 3.05) is 26.2 Å². The zero-order valence-corrected chi connectivity index (χ0v) is 82.3. The van der Waals surface area contributed by atoms with E-state index in [1.54, 1.807) is 81.8 Å². The number of hydrogen-bond acceptors (Lipinski definition) is 20. The fourth-order valence-electron chi connectivity index (χ4n) is 19.1. The molecule has 12 heterocycles. The summed E-state index contributed by atoms with van der Waals surface area (Å²) in [7, 11) is 0. The molecule has 8 aromatic heterocycles. The second-order valence-corrected chi connectivity index (χ2v) is 38.9. The molecule has 1 unspecified atom stereocenters. The monoisotopic (exact) mass is 1970 g/mol. The van der Waals surface area contributed by atoms with E-state index >= 15 is 0 Å². The maximum Gasteiger partial charge on any atom is 0.416 e. The maximum absolute atomic E-state index is 13.9. The number of aryl methyl sites for hydroxylation is 4. The number of pyridine rings is 4. The van der Waals surface area contributed by atoms with Crippen LogP contribution >= 0.6 is 15.9 Å². The fourth-order valence-corrected chi connectivity index (χ4v) is 19.4. The molecular formula is C111H114BrF3N16O10. The number of ether oxygens (including phenoxy) is 3. The second kappa shape index (κ2) is 44.0. The average Bonchev–Trinajstić information content (AvgIpc) is 1.28. The molecule has 4 aliphatic heterocycles. The van der Waals surface area contributed by atoms with Gasteiger partial charge in [0, 0.05) is 104 Å². The third kappa shape index (κ3) is 24.0. The molecular weight excluding hydrogens is 1850 g/mol. The predicted octanol–water partition coefficient (Wildman–Crippen LogP) is 19.2. The highest BCUT2D eigenvalue weighted by Gasteiger charge is 2.38. The van der Waals surface area contributed by atoms with Crippen LogP contribution in [0.3, 0.4) is 0 Å². The number of nitrogens with zero attached hydrogens (tertiary/aromatic N) is 16. The first-order valence-corrected chi connectivity index (χ1v) is 48.4. The summed E-state index contributed by atoms with van der Waals surface area (Å²) >= 11 is 3.37. The Morgan fingerprint density at radius 1 is 0.390 bits per heavy atom. The molecule has 1 aliphatic carbocycles. The van der Waals surface area contributed by atoms with Crippen LogP contribution in [0.25, 0.3) is 0 Å². The van der Waals surface area contributed by atoms with Gasteiger partial charge in [-0.3, -0.25) is 67.2 Å². The van der Waals surface area contributed by atoms with Crippen LogP contribution in [0, 0.1) is 33.6 Å². The van der Waals surface area contributed by atoms with E-state index in [0.29, 0.717) is 164 Å². The molecule has 19 rings (SSSR count). The molecule has 6 aromatic carbocycles. The van der Waals surface area contributed by atoms with Gasteiger partial charge < -0.3 is 24.0 Å². The van der Waals surface area contributed by atoms with Crippen LogP contribution < -0.4 is 27.0 Å². The molecule has 726 valence electrons. The number of hydrogen-bond donors (Lipinski definition) is 0. The first-order valence-electron chi connectivity index (χ1n) is 47.6. The van der Waals surface area contributed by atoms with Crippen molar-refractivity contribution in [3.05, 3.63) is 437 Å². The number of halogens is 4. The Morgan fingerprint density at radius 3 is 1.12 bits per heavy atom. The Hall–Kier alpha value is -14.4. The zero-order valence-electron chi connectivity index (χ0n) is 80.7. The molecule has 1 fully saturated rings. The van der Waals surface area contributed by atoms with Crippen LogP contribution in [0.15, 0.2) is 285 Å². The van der Waals surface area contributed by atoms with E-state index in [2.05, 4.69) is 82.1 Å². The number of alkyl halides is 3. The highest BCUT2D eigenvalue weighted by atomic mass is 79.9. The largest absolute Gasteiger partial charge is 0.456 e. The van der Waals surface area contributed by atoms with Crippen molar-refractivity contribution in [1.82, 2.24) is 77.7 Å². The van der Waals surface area contributed by atoms with Crippen LogP contribution in [-0.2, 0) is 80.6 Å². The minimum absolute atomic E-state index is 0.0119. The summed E-state index contributed by atoms with van der Waals surface area (Å²) in [6.07, 6.45) is 8.34. The summed E-state index contributed by atoms with van der Waals surface area (Å²) in [5.41, 5.74) is 12.2. The lowest BCUT2D eigenvalue weighted by Crippen LogP contribution is -2.44. The Balaban J connectivity index is 0.000000136. The van der Waals surface area contributed by atoms with Gasteiger partial charge >= 0.3 is 24.3 Å². The highest BCUT2D eigenvalue weighted by molar-refractivity contribution is 9.10. The summed E-state index contributed by atoms with van der Waals surface area (Å²) in [6, 6.07) is 71.6. The van der Waals surface area contributed by atoms with Crippen molar-refractivity contribution in [2.45, 2.75) is 201 Å². The summed E-state index contributed by atoms with van der Waals surface area (Å²) in [5, 5.41) is 0. The third-order valence-electron chi connectivity index (χ3n) is 25.7. The molecule has 0 bridgehead atoms. The Bertz CT molecular complexity index is 6880. The van der Waals surface area contributed by atoms with Crippen LogP contribution in [0.1, 0.15) is 226 Å². The Kier molecular flexibility index (Phi) is 31.1. The van der Waals surface area contributed by atoms with Crippen LogP contribution in [0.5, 0.6) is 5.75 Å². The van der Waals surface area contributed by atoms with E-state index in [-0.39, 0.29) is 52.9 Å². The van der Waals surface area contributed by atoms with E-state index in [1.807, 2.05) is 216 Å². The first-order chi connectivity index (χ1) is 67.8. The van der Waals surface area contributed by atoms with Gasteiger partial charge in [0.1, 0.15) is 52.3 Å². The van der Waals surface area contributed by atoms with Gasteiger partial charge in [0.2, 0.25) is 0 Å². The van der Waals surface area contributed by atoms with Gasteiger partial charge in [-0.2, -0.15) is 13.2 Å². The molecule has 26 nitrogen and oxygen atoms in total. The fraction of sp³-hybridized carbons (Fsp3) is 0.324. The average molecular weight is 1970 g/mol. The molecule has 1 saturated carbocycles. The standard InChI is InChI=1S/C33H35N3O3.C27H24F3N5O.C26H22BrN5O3.C25H33N3O3/c1-23-34-29-22-35(21-24-15-17-27(18-16-24)32(38)39-33(2,3)4)20-19-28(29)31(37)36(23)30(25-11-7-5-8-12-25)26-13-9-6-10-14-26;1-18-33-24-17-34(16-19-8-10-20(11-9-19)27(28,29)30)15-12-21(24)26(36)35(18)25(22-6-2-4-13-31-22)23-7-3-5-14-32-23;1-17-30-23-16-31(26(34)35-19-10-8-18(27)9-11-19)15-12-20(23)25(33)32(17)24(21-6-2-4-13-28-21)22-7-3-5-14-29-22;1-17-26-21-16-27(24(30)31-25(2,3)4)15-14-20(21)23(29)28(17)22(19-12-8-9-13-19)18-10-6-5-7-11-18/h5-18,30H,19-22H2,1-4H3;2-11,13-14,25H,12,15-17H2,1H3;2-11,13-14,24H,12,15-16H2,1H3;5-7,10-11,19,22H,8-9,12-16H2,1-4H3. The van der Waals surface area contributed by atoms with Gasteiger partial charge in [0.15, 0.2) is 0 Å². The van der Waals surface area contributed by atoms with Crippen LogP contribution in [0.4, 0.5) is 22.8 Å². The number of esters is 1. The normalized spacial score (nSPS) is 14.6. The highest BCUT2D eigenvalue weighted by Crippen LogP contribution is 2.40. The van der Waals surface area contributed by atoms with Gasteiger partial charge in [0.05, 0.1) is 81.9 Å². The van der Waals surface area contributed by atoms with Crippen molar-refractivity contribution >= 4 is 34.1 Å². The number of fused-ring (bicyclic) bond motifs is 4. The number of rotatable bonds is 18. The lowest BCUT2D eigenvalue weighted by atomic mass is 9.90. The van der Waals surface area contributed by atoms with E-state index in [4.69, 9.17) is 34.1 Å². The summed E-state index contributed by atoms with van der Waals surface area (Å²) < 4.78 is 63.1. The number of aromatic nitrogens is 12. The second-order valence-electron chi connectivity index (χ2n) is 37.9. The summed E-state index contributed by atoms with van der Waals surface area (Å²) in [4.78, 5) is 138. The van der Waals surface area contributed by atoms with Gasteiger partial charge in [-0.05, 0) is 239 Å². The smallest absolute Gasteiger partial charge is 0.416 e. The lowest BCUT2D eigenvalue weighted by molar-refractivity contribution is -0.137. The maximum atomic E-state index is 13.9. The summed E-state index contributed by atoms with van der Waals surface area (Å²) in [5.74, 6) is 3.09. The van der Waals surface area contributed by atoms with Crippen LogP contribution in [-0.4, -0.2) is 133 Å². The minimum Gasteiger partial charge on any atom is -0.456 e. The van der Waals surface area contributed by atoms with E-state index < -0.39 is 41.1 Å². The van der Waals surface area contributed by atoms with Crippen molar-refractivity contribution in [2.24, 2.45) is 5.92 Å². The number of carbonyl (C=O) groups excluding carboxylic acids is 3. The van der Waals surface area contributed by atoms with Gasteiger partial charge in [0.25, 0.3) is 22.2 Å². The molecule has 2 amide bonds. The first kappa shape index (κ1) is 99.6. The Labute approximate surface area is 825 Å². The van der Waals surface area contributed by atoms with Gasteiger partial charge in [-0.1, -0.05) is 168 Å². The molecule has 5 aliphatic rings. The van der Waals surface area contributed by atoms with Crippen molar-refractivity contribution < 1.29 is 41.8 Å². The van der Waals surface area contributed by atoms with Crippen LogP contribution in [0.2, 0.25) is 0 Å². The van der Waals surface area contributed by atoms with Crippen molar-refractivity contribution in [3.63, 3.8) is 0 Å². The van der Waals surface area contributed by atoms with Crippen molar-refractivity contribution in [3.8, 4) is 5.75 Å². The molecule has 141 heavy (non-hydrogen) atoms. The quantitative estimate of drug-likeness (QED) is 0.0721. The zero-order chi connectivity index (χ0) is 99.4. The predicted molar refractivity (Wildman–Crippen MR) is 534 cm³/mol. The number of carbonyl (C=O) groups is 3. The number of amides is 2. The molecule has 14 aromatic rings. The van der Waals surface area contributed by atoms with E-state index in [0.717, 1.165) is 80.9 Å². The van der Waals surface area contributed by atoms with Gasteiger partial charge in [-0.25, -0.2) is 34.3 Å². The molecule has 0 saturated heterocycles. The molecule has 0 spiro atoms. The summed E-state index contributed by atoms with van der Waals surface area (Å²) in [6.45, 7) is 23.6. The molecule has 0 radical (unpaired) electrons. The molecule has 1 atom stereocenters. The third-order valence-corrected chi connectivity index (χ3v) is 26.2. The van der Waals surface area contributed by atoms with E-state index in [9.17, 15) is 46.7 Å². The molecule has 0 N–H and O–H groups in total. The van der Waals surface area contributed by atoms with Crippen molar-refractivity contribution in [1.29, 1.82) is 0 Å². The van der Waals surface area contributed by atoms with E-state index in [1.165, 1.54) is 30.5 Å². The topological polar surface area (TPSA) is 283 Å². The number of benzene rings is 6.